The molecule has 0 heterocycles. The van der Waals surface area contributed by atoms with E-state index in [9.17, 15) is 9.18 Å². The normalized spacial score (nSPS) is 14.8. The predicted molar refractivity (Wildman–Crippen MR) is 51.9 cm³/mol. The van der Waals surface area contributed by atoms with E-state index in [0.29, 0.717) is 5.56 Å². The molecule has 1 atom stereocenters. The van der Waals surface area contributed by atoms with E-state index in [4.69, 9.17) is 11.5 Å². The van der Waals surface area contributed by atoms with Crippen LogP contribution < -0.4 is 11.5 Å². The Morgan fingerprint density at radius 3 is 2.71 bits per heavy atom. The van der Waals surface area contributed by atoms with Crippen LogP contribution in [0.1, 0.15) is 12.5 Å². The van der Waals surface area contributed by atoms with Gasteiger partial charge in [-0.3, -0.25) is 4.79 Å². The summed E-state index contributed by atoms with van der Waals surface area (Å²) >= 11 is 0. The summed E-state index contributed by atoms with van der Waals surface area (Å²) in [6, 6.07) is 5.95. The van der Waals surface area contributed by atoms with Gasteiger partial charge in [0, 0.05) is 0 Å². The maximum Gasteiger partial charge on any atom is 0.237 e. The van der Waals surface area contributed by atoms with Gasteiger partial charge in [-0.25, -0.2) is 4.39 Å². The average Bonchev–Trinajstić information content (AvgIpc) is 2.02. The van der Waals surface area contributed by atoms with Crippen LogP contribution in [0.5, 0.6) is 0 Å². The Labute approximate surface area is 81.9 Å². The van der Waals surface area contributed by atoms with Crippen LogP contribution in [0.15, 0.2) is 24.3 Å². The minimum Gasteiger partial charge on any atom is -0.368 e. The number of primary amides is 1. The van der Waals surface area contributed by atoms with Crippen molar-refractivity contribution in [2.24, 2.45) is 11.5 Å². The number of benzene rings is 1. The molecule has 3 nitrogen and oxygen atoms in total. The lowest BCUT2D eigenvalue weighted by Crippen LogP contribution is -2.51. The van der Waals surface area contributed by atoms with Crippen LogP contribution in [-0.4, -0.2) is 11.4 Å². The first-order chi connectivity index (χ1) is 6.42. The van der Waals surface area contributed by atoms with Gasteiger partial charge in [-0.05, 0) is 31.0 Å². The molecule has 0 aliphatic rings. The van der Waals surface area contributed by atoms with Crippen molar-refractivity contribution in [3.05, 3.63) is 35.6 Å². The topological polar surface area (TPSA) is 69.1 Å². The van der Waals surface area contributed by atoms with E-state index in [0.717, 1.165) is 0 Å². The highest BCUT2D eigenvalue weighted by Gasteiger charge is 2.25. The first-order valence-corrected chi connectivity index (χ1v) is 4.25. The van der Waals surface area contributed by atoms with Crippen molar-refractivity contribution in [3.63, 3.8) is 0 Å². The smallest absolute Gasteiger partial charge is 0.237 e. The maximum absolute atomic E-state index is 12.8. The van der Waals surface area contributed by atoms with Crippen molar-refractivity contribution in [3.8, 4) is 0 Å². The van der Waals surface area contributed by atoms with Gasteiger partial charge < -0.3 is 11.5 Å². The molecule has 1 rings (SSSR count). The highest BCUT2D eigenvalue weighted by atomic mass is 19.1. The number of carbonyl (C=O) groups excluding carboxylic acids is 1. The number of halogens is 1. The number of rotatable bonds is 3. The lowest BCUT2D eigenvalue weighted by molar-refractivity contribution is -0.122. The predicted octanol–water partition coefficient (Wildman–Crippen LogP) is 0.571. The summed E-state index contributed by atoms with van der Waals surface area (Å²) in [6.07, 6.45) is 0.236. The molecule has 14 heavy (non-hydrogen) atoms. The Kier molecular flexibility index (Phi) is 2.86. The van der Waals surface area contributed by atoms with Gasteiger partial charge in [-0.1, -0.05) is 12.1 Å². The number of amides is 1. The maximum atomic E-state index is 12.8. The molecule has 0 saturated heterocycles. The van der Waals surface area contributed by atoms with Gasteiger partial charge in [-0.2, -0.15) is 0 Å². The summed E-state index contributed by atoms with van der Waals surface area (Å²) in [5.41, 5.74) is 10.3. The third kappa shape index (κ3) is 2.53. The largest absolute Gasteiger partial charge is 0.368 e. The third-order valence-electron chi connectivity index (χ3n) is 2.02. The summed E-state index contributed by atoms with van der Waals surface area (Å²) < 4.78 is 12.8. The average molecular weight is 196 g/mol. The van der Waals surface area contributed by atoms with Gasteiger partial charge in [0.15, 0.2) is 0 Å². The van der Waals surface area contributed by atoms with Crippen molar-refractivity contribution in [1.82, 2.24) is 0 Å². The molecule has 0 bridgehead atoms. The van der Waals surface area contributed by atoms with Crippen LogP contribution in [0.2, 0.25) is 0 Å². The standard InChI is InChI=1S/C10H13FN2O/c1-10(13,9(12)14)6-7-3-2-4-8(11)5-7/h2-5H,6,13H2,1H3,(H2,12,14). The van der Waals surface area contributed by atoms with Crippen molar-refractivity contribution in [2.75, 3.05) is 0 Å². The van der Waals surface area contributed by atoms with Crippen LogP contribution >= 0.6 is 0 Å². The second kappa shape index (κ2) is 3.75. The van der Waals surface area contributed by atoms with Crippen LogP contribution in [0.25, 0.3) is 0 Å². The first kappa shape index (κ1) is 10.7. The molecule has 0 radical (unpaired) electrons. The summed E-state index contributed by atoms with van der Waals surface area (Å²) in [5.74, 6) is -0.940. The Hall–Kier alpha value is -1.42. The molecule has 1 amide bonds. The molecule has 76 valence electrons. The third-order valence-corrected chi connectivity index (χ3v) is 2.02. The van der Waals surface area contributed by atoms with E-state index in [2.05, 4.69) is 0 Å². The molecule has 0 aromatic heterocycles. The molecule has 0 aliphatic carbocycles. The molecular formula is C10H13FN2O. The van der Waals surface area contributed by atoms with E-state index in [1.165, 1.54) is 19.1 Å². The van der Waals surface area contributed by atoms with Crippen molar-refractivity contribution >= 4 is 5.91 Å². The van der Waals surface area contributed by atoms with Crippen LogP contribution in [0, 0.1) is 5.82 Å². The quantitative estimate of drug-likeness (QED) is 0.742. The van der Waals surface area contributed by atoms with Gasteiger partial charge in [0.05, 0.1) is 5.54 Å². The Balaban J connectivity index is 2.83. The zero-order chi connectivity index (χ0) is 10.8. The Morgan fingerprint density at radius 2 is 2.21 bits per heavy atom. The number of hydrogen-bond donors (Lipinski definition) is 2. The van der Waals surface area contributed by atoms with E-state index < -0.39 is 11.4 Å². The van der Waals surface area contributed by atoms with Crippen LogP contribution in [0.3, 0.4) is 0 Å². The lowest BCUT2D eigenvalue weighted by atomic mass is 9.93. The van der Waals surface area contributed by atoms with Gasteiger partial charge >= 0.3 is 0 Å². The SMILES string of the molecule is CC(N)(Cc1cccc(F)c1)C(N)=O. The fourth-order valence-electron chi connectivity index (χ4n) is 1.16. The fourth-order valence-corrected chi connectivity index (χ4v) is 1.16. The molecule has 0 fully saturated rings. The summed E-state index contributed by atoms with van der Waals surface area (Å²) in [4.78, 5) is 10.9. The minimum absolute atomic E-state index is 0.236. The highest BCUT2D eigenvalue weighted by molar-refractivity contribution is 5.84. The molecule has 4 N–H and O–H groups in total. The molecule has 1 aromatic rings. The molecule has 0 saturated carbocycles. The van der Waals surface area contributed by atoms with Gasteiger partial charge in [0.25, 0.3) is 0 Å². The zero-order valence-corrected chi connectivity index (χ0v) is 7.96. The number of nitrogens with two attached hydrogens (primary N) is 2. The summed E-state index contributed by atoms with van der Waals surface area (Å²) in [6.45, 7) is 1.53. The van der Waals surface area contributed by atoms with Crippen LogP contribution in [-0.2, 0) is 11.2 Å². The van der Waals surface area contributed by atoms with Gasteiger partial charge in [-0.15, -0.1) is 0 Å². The van der Waals surface area contributed by atoms with Crippen molar-refractivity contribution in [1.29, 1.82) is 0 Å². The molecule has 0 aliphatic heterocycles. The van der Waals surface area contributed by atoms with Gasteiger partial charge in [0.1, 0.15) is 5.82 Å². The van der Waals surface area contributed by atoms with E-state index in [1.54, 1.807) is 12.1 Å². The molecule has 1 unspecified atom stereocenters. The van der Waals surface area contributed by atoms with Crippen molar-refractivity contribution < 1.29 is 9.18 Å². The monoisotopic (exact) mass is 196 g/mol. The zero-order valence-electron chi connectivity index (χ0n) is 7.96. The van der Waals surface area contributed by atoms with Crippen LogP contribution in [0.4, 0.5) is 4.39 Å². The molecule has 4 heteroatoms. The van der Waals surface area contributed by atoms with E-state index in [1.807, 2.05) is 0 Å². The summed E-state index contributed by atoms with van der Waals surface area (Å²) in [5, 5.41) is 0. The van der Waals surface area contributed by atoms with E-state index in [-0.39, 0.29) is 12.2 Å². The number of hydrogen-bond acceptors (Lipinski definition) is 2. The van der Waals surface area contributed by atoms with E-state index >= 15 is 0 Å². The second-order valence-electron chi connectivity index (χ2n) is 3.59. The Morgan fingerprint density at radius 1 is 1.57 bits per heavy atom. The summed E-state index contributed by atoms with van der Waals surface area (Å²) in [7, 11) is 0. The minimum atomic E-state index is -1.13. The first-order valence-electron chi connectivity index (χ1n) is 4.25. The highest BCUT2D eigenvalue weighted by Crippen LogP contribution is 2.11. The molecule has 0 spiro atoms. The second-order valence-corrected chi connectivity index (χ2v) is 3.59. The van der Waals surface area contributed by atoms with Gasteiger partial charge in [0.2, 0.25) is 5.91 Å². The van der Waals surface area contributed by atoms with Crippen molar-refractivity contribution in [2.45, 2.75) is 18.9 Å². The number of carbonyl (C=O) groups is 1. The Bertz CT molecular complexity index is 350. The lowest BCUT2D eigenvalue weighted by Gasteiger charge is -2.20. The molecule has 1 aromatic carbocycles. The fraction of sp³-hybridized carbons (Fsp3) is 0.300. The molecular weight excluding hydrogens is 183 g/mol.